The molecule has 296 valence electrons. The zero-order chi connectivity index (χ0) is 42.0. The van der Waals surface area contributed by atoms with E-state index in [-0.39, 0.29) is 117 Å². The van der Waals surface area contributed by atoms with Crippen LogP contribution in [0.15, 0.2) is 154 Å². The van der Waals surface area contributed by atoms with Gasteiger partial charge < -0.3 is 25.1 Å². The molecule has 6 rings (SSSR count). The van der Waals surface area contributed by atoms with Gasteiger partial charge in [0.2, 0.25) is 11.6 Å². The number of allylic oxidation sites excluding steroid dienone is 3. The molecule has 0 fully saturated rings. The minimum Gasteiger partial charge on any atom is -0.744 e. The standard InChI is InChI=1S/C34H26N10O11S3.3Na/c35-24-16-27(45)26(17-25(24)41-37-22-10-12-23(13-11-22)56(47,48)49)42-38-20-6-8-21(9-7-20)40-43-32-28(57(50,51)52)14-18-15-29(58(53,54)55)33(34(46)30(18)31(32)36)44-39-19-4-2-1-3-5-19;;;/h1-17,37,39H,35-36H2,(H,47,48,49)(H,50,51,52)(H,53,54,55);;;/q;3*+1/p-3/b41-25-,42-38?,43-40?,44-33+;;;. The van der Waals surface area contributed by atoms with E-state index in [1.165, 1.54) is 54.6 Å². The van der Waals surface area contributed by atoms with Crippen molar-refractivity contribution in [3.63, 3.8) is 0 Å². The molecular formula is C34H23N10Na3O11S3. The van der Waals surface area contributed by atoms with Gasteiger partial charge in [-0.25, -0.2) is 25.3 Å². The van der Waals surface area contributed by atoms with Gasteiger partial charge in [0.15, 0.2) is 0 Å². The van der Waals surface area contributed by atoms with Gasteiger partial charge in [-0.05, 0) is 84.4 Å². The first-order valence-electron chi connectivity index (χ1n) is 15.9. The normalized spacial score (nSPS) is 15.6. The zero-order valence-electron chi connectivity index (χ0n) is 31.9. The summed E-state index contributed by atoms with van der Waals surface area (Å²) in [7, 11) is -15.4. The third kappa shape index (κ3) is 12.5. The van der Waals surface area contributed by atoms with Gasteiger partial charge in [0.05, 0.1) is 54.4 Å². The molecule has 61 heavy (non-hydrogen) atoms. The van der Waals surface area contributed by atoms with E-state index in [1.807, 2.05) is 0 Å². The topological polar surface area (TPSA) is 356 Å². The molecule has 0 spiro atoms. The van der Waals surface area contributed by atoms with Crippen molar-refractivity contribution >= 4 is 93.5 Å². The first-order chi connectivity index (χ1) is 27.3. The van der Waals surface area contributed by atoms with Crippen LogP contribution in [0.3, 0.4) is 0 Å². The number of nitrogens with one attached hydrogen (secondary N) is 2. The predicted molar refractivity (Wildman–Crippen MR) is 204 cm³/mol. The Morgan fingerprint density at radius 3 is 1.70 bits per heavy atom. The summed E-state index contributed by atoms with van der Waals surface area (Å²) >= 11 is 0. The van der Waals surface area contributed by atoms with Gasteiger partial charge >= 0.3 is 88.7 Å². The summed E-state index contributed by atoms with van der Waals surface area (Å²) in [5, 5.41) is 23.6. The number of hydrogen-bond acceptors (Lipinski definition) is 21. The second-order valence-electron chi connectivity index (χ2n) is 11.8. The minimum absolute atomic E-state index is 0. The number of rotatable bonds is 11. The van der Waals surface area contributed by atoms with Crippen molar-refractivity contribution in [1.29, 1.82) is 0 Å². The fraction of sp³-hybridized carbons (Fsp3) is 0. The molecule has 2 aliphatic rings. The number of azo groups is 2. The molecule has 0 atom stereocenters. The fourth-order valence-corrected chi connectivity index (χ4v) is 6.87. The van der Waals surface area contributed by atoms with Crippen molar-refractivity contribution in [2.75, 3.05) is 16.6 Å². The van der Waals surface area contributed by atoms with E-state index in [2.05, 4.69) is 41.5 Å². The first kappa shape index (κ1) is 51.3. The number of ketones is 2. The molecule has 4 aromatic carbocycles. The molecule has 0 aliphatic heterocycles. The van der Waals surface area contributed by atoms with Crippen LogP contribution in [0.25, 0.3) is 6.08 Å². The van der Waals surface area contributed by atoms with E-state index in [1.54, 1.807) is 18.2 Å². The number of hydrogen-bond donors (Lipinski definition) is 4. The maximum Gasteiger partial charge on any atom is 1.00 e. The van der Waals surface area contributed by atoms with Gasteiger partial charge in [-0.15, -0.1) is 10.2 Å². The summed E-state index contributed by atoms with van der Waals surface area (Å²) < 4.78 is 107. The zero-order valence-corrected chi connectivity index (χ0v) is 40.3. The van der Waals surface area contributed by atoms with E-state index in [4.69, 9.17) is 11.5 Å². The van der Waals surface area contributed by atoms with Crippen molar-refractivity contribution in [2.45, 2.75) is 9.79 Å². The number of nitrogen functional groups attached to an aromatic ring is 1. The maximum atomic E-state index is 13.6. The minimum atomic E-state index is -5.39. The van der Waals surface area contributed by atoms with Gasteiger partial charge in [-0.2, -0.15) is 20.4 Å². The SMILES string of the molecule is NC1=CC(=O)C(N=Nc2ccc(N=Nc3c(S(=O)(=O)[O-])cc4c(c3N)C(=O)/C(=N/Nc3ccccc3)C(S(=O)(=O)[O-])=C4)cc2)=C/C1=N/Nc1ccc(S(=O)(=O)[O-])cc1.[Na+].[Na+].[Na+]. The number of benzene rings is 4. The number of carbonyl (C=O) groups is 2. The van der Waals surface area contributed by atoms with Crippen LogP contribution in [0, 0.1) is 0 Å². The van der Waals surface area contributed by atoms with Crippen LogP contribution >= 0.6 is 0 Å². The quantitative estimate of drug-likeness (QED) is 0.0273. The van der Waals surface area contributed by atoms with Crippen molar-refractivity contribution in [1.82, 2.24) is 0 Å². The summed E-state index contributed by atoms with van der Waals surface area (Å²) in [6.45, 7) is 0. The van der Waals surface area contributed by atoms with Crippen LogP contribution in [-0.2, 0) is 35.1 Å². The summed E-state index contributed by atoms with van der Waals surface area (Å²) in [6.07, 6.45) is 2.96. The first-order valence-corrected chi connectivity index (χ1v) is 20.1. The molecule has 21 nitrogen and oxygen atoms in total. The molecule has 0 saturated carbocycles. The summed E-state index contributed by atoms with van der Waals surface area (Å²) in [6, 6.07) is 18.8. The second-order valence-corrected chi connectivity index (χ2v) is 15.9. The van der Waals surface area contributed by atoms with E-state index in [0.717, 1.165) is 18.2 Å². The molecule has 27 heteroatoms. The number of hydrazone groups is 2. The Balaban J connectivity index is 0.00000331. The molecule has 0 unspecified atom stereocenters. The monoisotopic (exact) mass is 912 g/mol. The Kier molecular flexibility index (Phi) is 17.5. The molecule has 0 heterocycles. The van der Waals surface area contributed by atoms with E-state index >= 15 is 0 Å². The third-order valence-corrected chi connectivity index (χ3v) is 10.4. The number of carbonyl (C=O) groups excluding carboxylic acids is 2. The molecule has 0 saturated heterocycles. The Labute approximate surface area is 413 Å². The van der Waals surface area contributed by atoms with Gasteiger partial charge in [-0.1, -0.05) is 18.2 Å². The number of Topliss-reactive ketones (excluding diaryl/α,β-unsaturated/α-hetero) is 1. The van der Waals surface area contributed by atoms with Crippen LogP contribution in [0.4, 0.5) is 34.1 Å². The molecular weight excluding hydrogens is 890 g/mol. The molecule has 4 aromatic rings. The average Bonchev–Trinajstić information content (AvgIpc) is 3.16. The largest absolute Gasteiger partial charge is 1.00 e. The van der Waals surface area contributed by atoms with Crippen LogP contribution < -0.4 is 111 Å². The molecule has 6 N–H and O–H groups in total. The fourth-order valence-electron chi connectivity index (χ4n) is 5.09. The molecule has 0 aromatic heterocycles. The third-order valence-electron chi connectivity index (χ3n) is 7.85. The summed E-state index contributed by atoms with van der Waals surface area (Å²) in [5.74, 6) is -1.80. The molecule has 0 amide bonds. The van der Waals surface area contributed by atoms with Crippen LogP contribution in [0.1, 0.15) is 15.9 Å². The Morgan fingerprint density at radius 1 is 0.590 bits per heavy atom. The van der Waals surface area contributed by atoms with E-state index < -0.39 is 84.8 Å². The predicted octanol–water partition coefficient (Wildman–Crippen LogP) is -5.08. The van der Waals surface area contributed by atoms with Gasteiger partial charge in [-0.3, -0.25) is 20.4 Å². The Morgan fingerprint density at radius 2 is 1.15 bits per heavy atom. The number of anilines is 3. The second kappa shape index (κ2) is 20.9. The van der Waals surface area contributed by atoms with E-state index in [9.17, 15) is 48.5 Å². The number of nitrogens with zero attached hydrogens (tertiary/aromatic N) is 6. The Bertz CT molecular complexity index is 2960. The van der Waals surface area contributed by atoms with Crippen LogP contribution in [0.2, 0.25) is 0 Å². The van der Waals surface area contributed by atoms with Crippen LogP contribution in [-0.4, -0.2) is 61.9 Å². The molecule has 2 aliphatic carbocycles. The van der Waals surface area contributed by atoms with Crippen molar-refractivity contribution in [3.8, 4) is 0 Å². The smallest absolute Gasteiger partial charge is 0.744 e. The van der Waals surface area contributed by atoms with Gasteiger partial charge in [0.1, 0.15) is 53.2 Å². The number of para-hydroxylation sites is 1. The summed E-state index contributed by atoms with van der Waals surface area (Å²) in [5.41, 5.74) is 14.7. The maximum absolute atomic E-state index is 13.6. The van der Waals surface area contributed by atoms with Crippen molar-refractivity contribution < 1.29 is 137 Å². The number of nitrogens with two attached hydrogens (primary N) is 2. The van der Waals surface area contributed by atoms with Gasteiger partial charge in [0, 0.05) is 6.08 Å². The van der Waals surface area contributed by atoms with Crippen molar-refractivity contribution in [3.05, 3.63) is 125 Å². The molecule has 0 bridgehead atoms. The number of fused-ring (bicyclic) bond motifs is 1. The summed E-state index contributed by atoms with van der Waals surface area (Å²) in [4.78, 5) is 23.5. The van der Waals surface area contributed by atoms with Crippen LogP contribution in [0.5, 0.6) is 0 Å². The van der Waals surface area contributed by atoms with Gasteiger partial charge in [0.25, 0.3) is 0 Å². The van der Waals surface area contributed by atoms with E-state index in [0.29, 0.717) is 23.5 Å². The molecule has 0 radical (unpaired) electrons. The van der Waals surface area contributed by atoms with Crippen molar-refractivity contribution in [2.24, 2.45) is 36.4 Å². The Hall–Kier alpha value is -4.09. The average molecular weight is 913 g/mol.